The lowest BCUT2D eigenvalue weighted by Crippen LogP contribution is -2.38. The fourth-order valence-electron chi connectivity index (χ4n) is 2.38. The zero-order chi connectivity index (χ0) is 18.2. The van der Waals surface area contributed by atoms with Crippen LogP contribution in [0.1, 0.15) is 17.4 Å². The molecule has 0 unspecified atom stereocenters. The average Bonchev–Trinajstić information content (AvgIpc) is 3.00. The van der Waals surface area contributed by atoms with Crippen LogP contribution in [0.5, 0.6) is 11.5 Å². The maximum Gasteiger partial charge on any atom is 0.193 e. The Morgan fingerprint density at radius 1 is 1.36 bits per heavy atom. The van der Waals surface area contributed by atoms with Crippen molar-refractivity contribution in [1.82, 2.24) is 10.2 Å². The Morgan fingerprint density at radius 2 is 2.16 bits per heavy atom. The molecule has 136 valence electrons. The maximum absolute atomic E-state index is 9.66. The number of guanidine groups is 1. The minimum absolute atomic E-state index is 0.150. The molecule has 2 N–H and O–H groups in total. The molecule has 2 aromatic rings. The summed E-state index contributed by atoms with van der Waals surface area (Å²) in [7, 11) is 3.56. The van der Waals surface area contributed by atoms with Crippen molar-refractivity contribution in [3.05, 3.63) is 45.1 Å². The number of halogens is 1. The van der Waals surface area contributed by atoms with Crippen LogP contribution in [-0.4, -0.2) is 43.2 Å². The molecule has 0 aliphatic carbocycles. The van der Waals surface area contributed by atoms with Crippen LogP contribution in [0.15, 0.2) is 35.3 Å². The smallest absolute Gasteiger partial charge is 0.193 e. The predicted octanol–water partition coefficient (Wildman–Crippen LogP) is 3.76. The van der Waals surface area contributed by atoms with Crippen molar-refractivity contribution >= 4 is 28.9 Å². The van der Waals surface area contributed by atoms with Crippen LogP contribution in [0.2, 0.25) is 4.34 Å². The minimum Gasteiger partial charge on any atom is -0.504 e. The Balaban J connectivity index is 1.98. The van der Waals surface area contributed by atoms with Gasteiger partial charge in [-0.1, -0.05) is 17.7 Å². The number of hydrogen-bond donors (Lipinski definition) is 2. The number of phenolic OH excluding ortho intramolecular Hbond substituents is 1. The Labute approximate surface area is 157 Å². The number of methoxy groups -OCH3 is 1. The summed E-state index contributed by atoms with van der Waals surface area (Å²) >= 11 is 7.58. The molecule has 25 heavy (non-hydrogen) atoms. The van der Waals surface area contributed by atoms with Gasteiger partial charge in [0, 0.05) is 25.0 Å². The highest BCUT2D eigenvalue weighted by Crippen LogP contribution is 2.26. The standard InChI is InChI=1S/C18H24ClN3O2S/c1-4-20-18(22(2)12-14-6-8-17(19)25-14)21-10-9-13-5-7-15(23)16(11-13)24-3/h5-8,11,23H,4,9-10,12H2,1-3H3,(H,20,21). The fourth-order valence-corrected chi connectivity index (χ4v) is 3.52. The summed E-state index contributed by atoms with van der Waals surface area (Å²) in [6.45, 7) is 4.26. The Morgan fingerprint density at radius 3 is 2.80 bits per heavy atom. The molecule has 7 heteroatoms. The number of ether oxygens (including phenoxy) is 1. The molecule has 0 saturated carbocycles. The van der Waals surface area contributed by atoms with E-state index in [4.69, 9.17) is 16.3 Å². The highest BCUT2D eigenvalue weighted by atomic mass is 35.5. The summed E-state index contributed by atoms with van der Waals surface area (Å²) in [5.74, 6) is 1.50. The number of nitrogens with zero attached hydrogens (tertiary/aromatic N) is 2. The van der Waals surface area contributed by atoms with Crippen LogP contribution in [0.25, 0.3) is 0 Å². The largest absolute Gasteiger partial charge is 0.504 e. The van der Waals surface area contributed by atoms with E-state index in [1.807, 2.05) is 31.3 Å². The van der Waals surface area contributed by atoms with Crippen LogP contribution < -0.4 is 10.1 Å². The second-order valence-corrected chi connectivity index (χ2v) is 7.35. The van der Waals surface area contributed by atoms with Crippen LogP contribution >= 0.6 is 22.9 Å². The first-order chi connectivity index (χ1) is 12.0. The molecule has 1 aromatic carbocycles. The van der Waals surface area contributed by atoms with Gasteiger partial charge in [0.1, 0.15) is 0 Å². The molecule has 0 saturated heterocycles. The number of hydrogen-bond acceptors (Lipinski definition) is 4. The first-order valence-corrected chi connectivity index (χ1v) is 9.32. The third kappa shape index (κ3) is 5.83. The summed E-state index contributed by atoms with van der Waals surface area (Å²) in [4.78, 5) is 7.97. The van der Waals surface area contributed by atoms with E-state index in [-0.39, 0.29) is 5.75 Å². The fraction of sp³-hybridized carbons (Fsp3) is 0.389. The molecule has 0 spiro atoms. The van der Waals surface area contributed by atoms with Crippen LogP contribution in [0, 0.1) is 0 Å². The molecular weight excluding hydrogens is 358 g/mol. The van der Waals surface area contributed by atoms with Gasteiger partial charge in [-0.05, 0) is 43.2 Å². The maximum atomic E-state index is 9.66. The Kier molecular flexibility index (Phi) is 7.40. The monoisotopic (exact) mass is 381 g/mol. The topological polar surface area (TPSA) is 57.1 Å². The van der Waals surface area contributed by atoms with E-state index in [2.05, 4.69) is 22.1 Å². The molecule has 0 atom stereocenters. The zero-order valence-corrected chi connectivity index (χ0v) is 16.3. The summed E-state index contributed by atoms with van der Waals surface area (Å²) < 4.78 is 5.94. The van der Waals surface area contributed by atoms with Gasteiger partial charge in [0.15, 0.2) is 17.5 Å². The lowest BCUT2D eigenvalue weighted by molar-refractivity contribution is 0.373. The van der Waals surface area contributed by atoms with E-state index in [9.17, 15) is 5.11 Å². The predicted molar refractivity (Wildman–Crippen MR) is 105 cm³/mol. The van der Waals surface area contributed by atoms with E-state index in [1.165, 1.54) is 4.88 Å². The van der Waals surface area contributed by atoms with Crippen molar-refractivity contribution in [2.24, 2.45) is 4.99 Å². The molecule has 1 aromatic heterocycles. The second kappa shape index (κ2) is 9.53. The van der Waals surface area contributed by atoms with Gasteiger partial charge in [0.2, 0.25) is 0 Å². The normalized spacial score (nSPS) is 11.4. The summed E-state index contributed by atoms with van der Waals surface area (Å²) in [6.07, 6.45) is 0.768. The minimum atomic E-state index is 0.150. The van der Waals surface area contributed by atoms with E-state index in [0.717, 1.165) is 35.4 Å². The Hall–Kier alpha value is -1.92. The summed E-state index contributed by atoms with van der Waals surface area (Å²) in [6, 6.07) is 9.33. The number of phenols is 1. The second-order valence-electron chi connectivity index (χ2n) is 5.55. The third-order valence-corrected chi connectivity index (χ3v) is 4.84. The molecular formula is C18H24ClN3O2S. The van der Waals surface area contributed by atoms with E-state index in [0.29, 0.717) is 12.3 Å². The zero-order valence-electron chi connectivity index (χ0n) is 14.8. The van der Waals surface area contributed by atoms with Gasteiger partial charge in [-0.25, -0.2) is 0 Å². The first kappa shape index (κ1) is 19.4. The number of thiophene rings is 1. The molecule has 0 aliphatic heterocycles. The molecule has 0 radical (unpaired) electrons. The number of aliphatic imine (C=N–C) groups is 1. The summed E-state index contributed by atoms with van der Waals surface area (Å²) in [5, 5.41) is 13.0. The van der Waals surface area contributed by atoms with Gasteiger partial charge >= 0.3 is 0 Å². The van der Waals surface area contributed by atoms with Crippen molar-refractivity contribution in [2.45, 2.75) is 19.9 Å². The summed E-state index contributed by atoms with van der Waals surface area (Å²) in [5.41, 5.74) is 1.07. The SMILES string of the molecule is CCNC(=NCCc1ccc(O)c(OC)c1)N(C)Cc1ccc(Cl)s1. The van der Waals surface area contributed by atoms with Gasteiger partial charge in [-0.3, -0.25) is 4.99 Å². The highest BCUT2D eigenvalue weighted by Gasteiger charge is 2.08. The van der Waals surface area contributed by atoms with Gasteiger partial charge in [0.25, 0.3) is 0 Å². The van der Waals surface area contributed by atoms with E-state index < -0.39 is 0 Å². The molecule has 0 fully saturated rings. The first-order valence-electron chi connectivity index (χ1n) is 8.13. The quantitative estimate of drug-likeness (QED) is 0.566. The number of aromatic hydroxyl groups is 1. The molecule has 0 bridgehead atoms. The van der Waals surface area contributed by atoms with Gasteiger partial charge < -0.3 is 20.1 Å². The number of benzene rings is 1. The van der Waals surface area contributed by atoms with E-state index in [1.54, 1.807) is 24.5 Å². The molecule has 2 rings (SSSR count). The van der Waals surface area contributed by atoms with Crippen molar-refractivity contribution < 1.29 is 9.84 Å². The van der Waals surface area contributed by atoms with E-state index >= 15 is 0 Å². The lowest BCUT2D eigenvalue weighted by Gasteiger charge is -2.21. The van der Waals surface area contributed by atoms with Crippen molar-refractivity contribution in [2.75, 3.05) is 27.2 Å². The number of nitrogens with one attached hydrogen (secondary N) is 1. The molecule has 0 aliphatic rings. The van der Waals surface area contributed by atoms with Gasteiger partial charge in [-0.2, -0.15) is 0 Å². The lowest BCUT2D eigenvalue weighted by atomic mass is 10.1. The average molecular weight is 382 g/mol. The number of rotatable bonds is 7. The molecule has 0 amide bonds. The molecule has 1 heterocycles. The van der Waals surface area contributed by atoms with Crippen molar-refractivity contribution in [1.29, 1.82) is 0 Å². The van der Waals surface area contributed by atoms with Gasteiger partial charge in [-0.15, -0.1) is 11.3 Å². The van der Waals surface area contributed by atoms with Crippen LogP contribution in [-0.2, 0) is 13.0 Å². The Bertz CT molecular complexity index is 718. The highest BCUT2D eigenvalue weighted by molar-refractivity contribution is 7.16. The third-order valence-electron chi connectivity index (χ3n) is 3.62. The van der Waals surface area contributed by atoms with Crippen molar-refractivity contribution in [3.8, 4) is 11.5 Å². The van der Waals surface area contributed by atoms with Crippen LogP contribution in [0.4, 0.5) is 0 Å². The van der Waals surface area contributed by atoms with Crippen LogP contribution in [0.3, 0.4) is 0 Å². The van der Waals surface area contributed by atoms with Gasteiger partial charge in [0.05, 0.1) is 18.0 Å². The molecule has 5 nitrogen and oxygen atoms in total. The van der Waals surface area contributed by atoms with Crippen molar-refractivity contribution in [3.63, 3.8) is 0 Å².